The molecule has 2 unspecified atom stereocenters. The van der Waals surface area contributed by atoms with Crippen LogP contribution in [0.25, 0.3) is 0 Å². The highest BCUT2D eigenvalue weighted by Crippen LogP contribution is 2.31. The first-order chi connectivity index (χ1) is 9.54. The Morgan fingerprint density at radius 2 is 2.15 bits per heavy atom. The van der Waals surface area contributed by atoms with E-state index in [1.54, 1.807) is 23.5 Å². The highest BCUT2D eigenvalue weighted by molar-refractivity contribution is 7.10. The van der Waals surface area contributed by atoms with E-state index in [4.69, 9.17) is 17.3 Å². The third-order valence-electron chi connectivity index (χ3n) is 3.61. The Balaban J connectivity index is 2.24. The maximum Gasteiger partial charge on any atom is 0.141 e. The van der Waals surface area contributed by atoms with Crippen molar-refractivity contribution in [2.45, 2.75) is 19.0 Å². The second-order valence-electron chi connectivity index (χ2n) is 4.78. The molecular formula is C15H18ClFN2S. The summed E-state index contributed by atoms with van der Waals surface area (Å²) in [5, 5.41) is 2.20. The van der Waals surface area contributed by atoms with E-state index in [9.17, 15) is 4.39 Å². The molecule has 0 bridgehead atoms. The van der Waals surface area contributed by atoms with Gasteiger partial charge in [-0.2, -0.15) is 0 Å². The first-order valence-corrected chi connectivity index (χ1v) is 7.70. The summed E-state index contributed by atoms with van der Waals surface area (Å²) in [6.45, 7) is 2.59. The molecule has 0 aliphatic rings. The minimum absolute atomic E-state index is 0.00481. The van der Waals surface area contributed by atoms with Crippen LogP contribution in [-0.2, 0) is 0 Å². The molecule has 1 heterocycles. The monoisotopic (exact) mass is 312 g/mol. The van der Waals surface area contributed by atoms with Gasteiger partial charge in [0.25, 0.3) is 0 Å². The molecule has 0 radical (unpaired) electrons. The van der Waals surface area contributed by atoms with Crippen LogP contribution < -0.4 is 5.73 Å². The van der Waals surface area contributed by atoms with Gasteiger partial charge in [-0.1, -0.05) is 23.7 Å². The van der Waals surface area contributed by atoms with E-state index < -0.39 is 5.82 Å². The van der Waals surface area contributed by atoms with Gasteiger partial charge in [-0.15, -0.1) is 11.3 Å². The van der Waals surface area contributed by atoms with Crippen molar-refractivity contribution in [1.29, 1.82) is 0 Å². The lowest BCUT2D eigenvalue weighted by atomic mass is 10.0. The van der Waals surface area contributed by atoms with Crippen molar-refractivity contribution in [2.75, 3.05) is 13.6 Å². The van der Waals surface area contributed by atoms with Crippen LogP contribution in [-0.4, -0.2) is 18.5 Å². The summed E-state index contributed by atoms with van der Waals surface area (Å²) in [5.41, 5.74) is 6.84. The van der Waals surface area contributed by atoms with Gasteiger partial charge in [0.1, 0.15) is 5.82 Å². The van der Waals surface area contributed by atoms with Crippen LogP contribution in [0.15, 0.2) is 35.7 Å². The van der Waals surface area contributed by atoms with Gasteiger partial charge >= 0.3 is 0 Å². The zero-order valence-corrected chi connectivity index (χ0v) is 13.1. The third-order valence-corrected chi connectivity index (χ3v) is 4.94. The molecule has 0 amide bonds. The molecule has 20 heavy (non-hydrogen) atoms. The molecule has 0 aliphatic heterocycles. The normalized spacial score (nSPS) is 14.5. The molecule has 108 valence electrons. The summed E-state index contributed by atoms with van der Waals surface area (Å²) in [6.07, 6.45) is 0. The van der Waals surface area contributed by atoms with Gasteiger partial charge in [-0.05, 0) is 43.1 Å². The fourth-order valence-corrected chi connectivity index (χ4v) is 3.28. The second-order valence-corrected chi connectivity index (χ2v) is 6.17. The van der Waals surface area contributed by atoms with Crippen molar-refractivity contribution in [2.24, 2.45) is 5.73 Å². The number of hydrogen-bond acceptors (Lipinski definition) is 3. The van der Waals surface area contributed by atoms with Crippen LogP contribution in [0.2, 0.25) is 5.02 Å². The lowest BCUT2D eigenvalue weighted by Gasteiger charge is -2.32. The van der Waals surface area contributed by atoms with Gasteiger partial charge in [0, 0.05) is 23.5 Å². The summed E-state index contributed by atoms with van der Waals surface area (Å²) < 4.78 is 13.3. The molecule has 0 aliphatic carbocycles. The number of likely N-dealkylation sites (N-methyl/N-ethyl adjacent to an activating group) is 1. The molecule has 2 aromatic rings. The predicted molar refractivity (Wildman–Crippen MR) is 83.7 cm³/mol. The van der Waals surface area contributed by atoms with Crippen molar-refractivity contribution >= 4 is 22.9 Å². The minimum Gasteiger partial charge on any atom is -0.329 e. The maximum absolute atomic E-state index is 13.3. The molecule has 0 saturated heterocycles. The van der Waals surface area contributed by atoms with Crippen LogP contribution in [0.4, 0.5) is 4.39 Å². The van der Waals surface area contributed by atoms with Gasteiger partial charge in [-0.3, -0.25) is 4.90 Å². The molecule has 0 fully saturated rings. The molecule has 0 saturated carbocycles. The molecule has 1 aromatic carbocycles. The van der Waals surface area contributed by atoms with Crippen LogP contribution >= 0.6 is 22.9 Å². The molecule has 2 rings (SSSR count). The van der Waals surface area contributed by atoms with E-state index in [1.807, 2.05) is 13.1 Å². The first kappa shape index (κ1) is 15.4. The Morgan fingerprint density at radius 1 is 1.40 bits per heavy atom. The lowest BCUT2D eigenvalue weighted by molar-refractivity contribution is 0.193. The van der Waals surface area contributed by atoms with Crippen molar-refractivity contribution in [1.82, 2.24) is 4.90 Å². The van der Waals surface area contributed by atoms with Crippen LogP contribution in [0.5, 0.6) is 0 Å². The molecule has 5 heteroatoms. The fourth-order valence-electron chi connectivity index (χ4n) is 2.26. The Labute approximate surface area is 128 Å². The summed E-state index contributed by atoms with van der Waals surface area (Å²) in [4.78, 5) is 3.47. The summed E-state index contributed by atoms with van der Waals surface area (Å²) in [7, 11) is 2.03. The molecule has 0 spiro atoms. The number of benzene rings is 1. The van der Waals surface area contributed by atoms with Gasteiger partial charge in [0.2, 0.25) is 0 Å². The van der Waals surface area contributed by atoms with Gasteiger partial charge in [0.15, 0.2) is 0 Å². The zero-order chi connectivity index (χ0) is 14.7. The Morgan fingerprint density at radius 3 is 2.70 bits per heavy atom. The number of rotatable bonds is 5. The average molecular weight is 313 g/mol. The lowest BCUT2D eigenvalue weighted by Crippen LogP contribution is -2.32. The van der Waals surface area contributed by atoms with Crippen molar-refractivity contribution in [3.05, 3.63) is 57.0 Å². The smallest absolute Gasteiger partial charge is 0.141 e. The topological polar surface area (TPSA) is 29.3 Å². The Bertz CT molecular complexity index is 559. The summed E-state index contributed by atoms with van der Waals surface area (Å²) >= 11 is 7.59. The molecule has 2 nitrogen and oxygen atoms in total. The van der Waals surface area contributed by atoms with Crippen LogP contribution in [0, 0.1) is 5.82 Å². The van der Waals surface area contributed by atoms with Crippen molar-refractivity contribution < 1.29 is 4.39 Å². The second kappa shape index (κ2) is 6.68. The minimum atomic E-state index is -0.403. The van der Waals surface area contributed by atoms with E-state index in [0.717, 1.165) is 5.56 Å². The highest BCUT2D eigenvalue weighted by atomic mass is 35.5. The SMILES string of the molecule is CC(c1cccs1)N(C)C(CN)c1ccc(F)c(Cl)c1. The number of hydrogen-bond donors (Lipinski definition) is 1. The molecule has 2 atom stereocenters. The van der Waals surface area contributed by atoms with Gasteiger partial charge in [0.05, 0.1) is 5.02 Å². The number of thiophene rings is 1. The van der Waals surface area contributed by atoms with Crippen LogP contribution in [0.1, 0.15) is 29.4 Å². The van der Waals surface area contributed by atoms with E-state index in [0.29, 0.717) is 6.54 Å². The largest absolute Gasteiger partial charge is 0.329 e. The van der Waals surface area contributed by atoms with Crippen molar-refractivity contribution in [3.8, 4) is 0 Å². The molecular weight excluding hydrogens is 295 g/mol. The highest BCUT2D eigenvalue weighted by Gasteiger charge is 2.22. The van der Waals surface area contributed by atoms with E-state index in [2.05, 4.69) is 23.3 Å². The Kier molecular flexibility index (Phi) is 5.16. The van der Waals surface area contributed by atoms with E-state index in [1.165, 1.54) is 10.9 Å². The summed E-state index contributed by atoms with van der Waals surface area (Å²) in [6, 6.07) is 9.19. The predicted octanol–water partition coefficient (Wildman–Crippen LogP) is 4.23. The van der Waals surface area contributed by atoms with Gasteiger partial charge < -0.3 is 5.73 Å². The standard InChI is InChI=1S/C15H18ClFN2S/c1-10(15-4-3-7-20-15)19(2)14(9-18)11-5-6-13(17)12(16)8-11/h3-8,10,14H,9,18H2,1-2H3. The van der Waals surface area contributed by atoms with Crippen LogP contribution in [0.3, 0.4) is 0 Å². The quantitative estimate of drug-likeness (QED) is 0.895. The average Bonchev–Trinajstić information content (AvgIpc) is 2.96. The summed E-state index contributed by atoms with van der Waals surface area (Å²) in [5.74, 6) is -0.403. The maximum atomic E-state index is 13.3. The van der Waals surface area contributed by atoms with E-state index in [-0.39, 0.29) is 17.1 Å². The molecule has 2 N–H and O–H groups in total. The number of nitrogens with zero attached hydrogens (tertiary/aromatic N) is 1. The zero-order valence-electron chi connectivity index (χ0n) is 11.5. The Hall–Kier alpha value is -0.940. The number of nitrogens with two attached hydrogens (primary N) is 1. The first-order valence-electron chi connectivity index (χ1n) is 6.45. The third kappa shape index (κ3) is 3.20. The molecule has 1 aromatic heterocycles. The van der Waals surface area contributed by atoms with Crippen molar-refractivity contribution in [3.63, 3.8) is 0 Å². The fraction of sp³-hybridized carbons (Fsp3) is 0.333. The number of halogens is 2. The van der Waals surface area contributed by atoms with E-state index >= 15 is 0 Å². The van der Waals surface area contributed by atoms with Gasteiger partial charge in [-0.25, -0.2) is 4.39 Å².